The molecule has 0 bridgehead atoms. The lowest BCUT2D eigenvalue weighted by Crippen LogP contribution is -1.98. The molecule has 3 rings (SSSR count). The fraction of sp³-hybridized carbons (Fsp3) is 0.143. The Hall–Kier alpha value is -2.54. The first-order valence-corrected chi connectivity index (χ1v) is 7.57. The summed E-state index contributed by atoms with van der Waals surface area (Å²) in [6.07, 6.45) is 0. The summed E-state index contributed by atoms with van der Waals surface area (Å²) in [5.41, 5.74) is 6.06. The molecule has 0 unspecified atom stereocenters. The molecule has 0 radical (unpaired) electrons. The van der Waals surface area contributed by atoms with Crippen LogP contribution in [-0.2, 0) is 6.61 Å². The van der Waals surface area contributed by atoms with Crippen molar-refractivity contribution in [2.24, 2.45) is 0 Å². The second-order valence-corrected chi connectivity index (χ2v) is 5.56. The van der Waals surface area contributed by atoms with Gasteiger partial charge in [-0.05, 0) is 47.7 Å². The molecule has 0 heterocycles. The Labute approximate surface area is 132 Å². The molecule has 3 aromatic carbocycles. The maximum absolute atomic E-state index is 6.07. The van der Waals surface area contributed by atoms with Gasteiger partial charge in [0.1, 0.15) is 12.4 Å². The van der Waals surface area contributed by atoms with Crippen LogP contribution in [0.3, 0.4) is 0 Å². The van der Waals surface area contributed by atoms with Crippen LogP contribution in [0.15, 0.2) is 72.8 Å². The fourth-order valence-electron chi connectivity index (χ4n) is 2.51. The van der Waals surface area contributed by atoms with Crippen LogP contribution in [0.5, 0.6) is 5.75 Å². The van der Waals surface area contributed by atoms with Crippen molar-refractivity contribution < 1.29 is 4.74 Å². The zero-order valence-electron chi connectivity index (χ0n) is 13.0. The van der Waals surface area contributed by atoms with E-state index in [-0.39, 0.29) is 0 Å². The number of ether oxygens (including phenoxy) is 1. The van der Waals surface area contributed by atoms with E-state index in [4.69, 9.17) is 4.74 Å². The number of hydrogen-bond acceptors (Lipinski definition) is 1. The second-order valence-electron chi connectivity index (χ2n) is 5.56. The minimum Gasteiger partial charge on any atom is -0.489 e. The monoisotopic (exact) mass is 288 g/mol. The van der Waals surface area contributed by atoms with Crippen LogP contribution in [0.4, 0.5) is 0 Å². The Bertz CT molecular complexity index is 746. The maximum atomic E-state index is 6.07. The van der Waals surface area contributed by atoms with Gasteiger partial charge in [0.05, 0.1) is 0 Å². The topological polar surface area (TPSA) is 9.23 Å². The molecule has 22 heavy (non-hydrogen) atoms. The van der Waals surface area contributed by atoms with Crippen molar-refractivity contribution in [3.05, 3.63) is 89.5 Å². The normalized spacial score (nSPS) is 10.5. The van der Waals surface area contributed by atoms with Crippen molar-refractivity contribution in [1.29, 1.82) is 0 Å². The SMILES string of the molecule is Cc1cc(-c2ccccc2)cc(OCc2ccccc2)c1C. The van der Waals surface area contributed by atoms with E-state index in [0.717, 1.165) is 5.75 Å². The number of rotatable bonds is 4. The van der Waals surface area contributed by atoms with Gasteiger partial charge < -0.3 is 4.74 Å². The summed E-state index contributed by atoms with van der Waals surface area (Å²) in [6.45, 7) is 4.85. The van der Waals surface area contributed by atoms with Gasteiger partial charge in [-0.25, -0.2) is 0 Å². The standard InChI is InChI=1S/C21H20O/c1-16-13-20(19-11-7-4-8-12-19)14-21(17(16)2)22-15-18-9-5-3-6-10-18/h3-14H,15H2,1-2H3. The minimum atomic E-state index is 0.597. The van der Waals surface area contributed by atoms with E-state index in [0.29, 0.717) is 6.61 Å². The van der Waals surface area contributed by atoms with Crippen LogP contribution in [0.25, 0.3) is 11.1 Å². The lowest BCUT2D eigenvalue weighted by molar-refractivity contribution is 0.304. The first-order valence-electron chi connectivity index (χ1n) is 7.57. The van der Waals surface area contributed by atoms with Crippen LogP contribution in [0.2, 0.25) is 0 Å². The first-order chi connectivity index (χ1) is 10.7. The number of hydrogen-bond donors (Lipinski definition) is 0. The Morgan fingerprint density at radius 3 is 2.05 bits per heavy atom. The lowest BCUT2D eigenvalue weighted by Gasteiger charge is -2.14. The predicted molar refractivity (Wildman–Crippen MR) is 92.1 cm³/mol. The highest BCUT2D eigenvalue weighted by molar-refractivity contribution is 5.67. The van der Waals surface area contributed by atoms with E-state index in [1.54, 1.807) is 0 Å². The molecular formula is C21H20O. The van der Waals surface area contributed by atoms with Gasteiger partial charge in [-0.1, -0.05) is 66.7 Å². The van der Waals surface area contributed by atoms with Crippen molar-refractivity contribution in [3.8, 4) is 16.9 Å². The van der Waals surface area contributed by atoms with E-state index in [2.05, 4.69) is 62.4 Å². The zero-order valence-corrected chi connectivity index (χ0v) is 13.0. The number of aryl methyl sites for hydroxylation is 1. The molecule has 0 saturated carbocycles. The van der Waals surface area contributed by atoms with Crippen molar-refractivity contribution in [2.45, 2.75) is 20.5 Å². The quantitative estimate of drug-likeness (QED) is 0.611. The highest BCUT2D eigenvalue weighted by atomic mass is 16.5. The van der Waals surface area contributed by atoms with Gasteiger partial charge in [0, 0.05) is 0 Å². The Morgan fingerprint density at radius 1 is 0.727 bits per heavy atom. The summed E-state index contributed by atoms with van der Waals surface area (Å²) in [5, 5.41) is 0. The zero-order chi connectivity index (χ0) is 15.4. The third-order valence-corrected chi connectivity index (χ3v) is 3.96. The number of benzene rings is 3. The molecule has 0 saturated heterocycles. The van der Waals surface area contributed by atoms with Gasteiger partial charge in [-0.2, -0.15) is 0 Å². The van der Waals surface area contributed by atoms with Gasteiger partial charge in [-0.15, -0.1) is 0 Å². The first kappa shape index (κ1) is 14.4. The van der Waals surface area contributed by atoms with Gasteiger partial charge >= 0.3 is 0 Å². The van der Waals surface area contributed by atoms with E-state index < -0.39 is 0 Å². The molecule has 0 aliphatic carbocycles. The average molecular weight is 288 g/mol. The van der Waals surface area contributed by atoms with Crippen LogP contribution in [0.1, 0.15) is 16.7 Å². The third-order valence-electron chi connectivity index (χ3n) is 3.96. The molecule has 0 aromatic heterocycles. The van der Waals surface area contributed by atoms with E-state index in [9.17, 15) is 0 Å². The fourth-order valence-corrected chi connectivity index (χ4v) is 2.51. The van der Waals surface area contributed by atoms with Crippen LogP contribution < -0.4 is 4.74 Å². The molecule has 0 amide bonds. The minimum absolute atomic E-state index is 0.597. The molecule has 0 aliphatic rings. The molecule has 0 N–H and O–H groups in total. The summed E-state index contributed by atoms with van der Waals surface area (Å²) < 4.78 is 6.07. The average Bonchev–Trinajstić information content (AvgIpc) is 2.58. The second kappa shape index (κ2) is 6.48. The largest absolute Gasteiger partial charge is 0.489 e. The van der Waals surface area contributed by atoms with Crippen LogP contribution >= 0.6 is 0 Å². The highest BCUT2D eigenvalue weighted by Crippen LogP contribution is 2.30. The molecule has 1 nitrogen and oxygen atoms in total. The molecule has 0 aliphatic heterocycles. The molecular weight excluding hydrogens is 268 g/mol. The molecule has 0 fully saturated rings. The summed E-state index contributed by atoms with van der Waals surface area (Å²) in [7, 11) is 0. The lowest BCUT2D eigenvalue weighted by atomic mass is 9.99. The third kappa shape index (κ3) is 3.20. The van der Waals surface area contributed by atoms with Crippen LogP contribution in [-0.4, -0.2) is 0 Å². The summed E-state index contributed by atoms with van der Waals surface area (Å²) in [4.78, 5) is 0. The van der Waals surface area contributed by atoms with Crippen molar-refractivity contribution in [2.75, 3.05) is 0 Å². The van der Waals surface area contributed by atoms with Crippen molar-refractivity contribution in [3.63, 3.8) is 0 Å². The van der Waals surface area contributed by atoms with Gasteiger partial charge in [-0.3, -0.25) is 0 Å². The smallest absolute Gasteiger partial charge is 0.123 e. The molecule has 0 atom stereocenters. The molecule has 0 spiro atoms. The van der Waals surface area contributed by atoms with Crippen LogP contribution in [0, 0.1) is 13.8 Å². The summed E-state index contributed by atoms with van der Waals surface area (Å²) in [6, 6.07) is 25.1. The van der Waals surface area contributed by atoms with Gasteiger partial charge in [0.2, 0.25) is 0 Å². The summed E-state index contributed by atoms with van der Waals surface area (Å²) >= 11 is 0. The van der Waals surface area contributed by atoms with E-state index >= 15 is 0 Å². The predicted octanol–water partition coefficient (Wildman–Crippen LogP) is 5.55. The van der Waals surface area contributed by atoms with E-state index in [1.807, 2.05) is 24.3 Å². The maximum Gasteiger partial charge on any atom is 0.123 e. The van der Waals surface area contributed by atoms with Gasteiger partial charge in [0.15, 0.2) is 0 Å². The Morgan fingerprint density at radius 2 is 1.36 bits per heavy atom. The molecule has 3 aromatic rings. The Kier molecular flexibility index (Phi) is 4.24. The van der Waals surface area contributed by atoms with Gasteiger partial charge in [0.25, 0.3) is 0 Å². The molecule has 110 valence electrons. The Balaban J connectivity index is 1.89. The van der Waals surface area contributed by atoms with Crippen molar-refractivity contribution in [1.82, 2.24) is 0 Å². The summed E-state index contributed by atoms with van der Waals surface area (Å²) in [5.74, 6) is 0.961. The highest BCUT2D eigenvalue weighted by Gasteiger charge is 2.07. The van der Waals surface area contributed by atoms with Crippen molar-refractivity contribution >= 4 is 0 Å². The molecule has 1 heteroatoms. The van der Waals surface area contributed by atoms with E-state index in [1.165, 1.54) is 27.8 Å².